The van der Waals surface area contributed by atoms with Crippen LogP contribution in [-0.2, 0) is 4.79 Å². The van der Waals surface area contributed by atoms with Crippen molar-refractivity contribution < 1.29 is 28.9 Å². The average Bonchev–Trinajstić information content (AvgIpc) is 2.66. The van der Waals surface area contributed by atoms with Gasteiger partial charge in [-0.1, -0.05) is 12.1 Å². The molecule has 1 aliphatic rings. The van der Waals surface area contributed by atoms with Gasteiger partial charge >= 0.3 is 5.97 Å². The molecule has 136 valence electrons. The first-order valence-corrected chi connectivity index (χ1v) is 8.05. The Hall–Kier alpha value is -3.29. The summed E-state index contributed by atoms with van der Waals surface area (Å²) in [5, 5.41) is 11.5. The Morgan fingerprint density at radius 2 is 1.92 bits per heavy atom. The maximum Gasteiger partial charge on any atom is 0.341 e. The summed E-state index contributed by atoms with van der Waals surface area (Å²) in [6.07, 6.45) is 0. The quantitative estimate of drug-likeness (QED) is 0.811. The molecular formula is C18H18N2O6. The van der Waals surface area contributed by atoms with Gasteiger partial charge in [0.25, 0.3) is 11.8 Å². The van der Waals surface area contributed by atoms with Crippen LogP contribution in [0.1, 0.15) is 29.0 Å². The molecule has 26 heavy (non-hydrogen) atoms. The van der Waals surface area contributed by atoms with Crippen LogP contribution in [0.15, 0.2) is 36.4 Å². The molecule has 1 unspecified atom stereocenters. The molecule has 0 saturated heterocycles. The van der Waals surface area contributed by atoms with Crippen LogP contribution < -0.4 is 19.5 Å². The van der Waals surface area contributed by atoms with E-state index in [4.69, 9.17) is 19.3 Å². The van der Waals surface area contributed by atoms with Crippen LogP contribution in [0.2, 0.25) is 0 Å². The maximum absolute atomic E-state index is 12.4. The van der Waals surface area contributed by atoms with Crippen molar-refractivity contribution in [3.8, 4) is 17.4 Å². The van der Waals surface area contributed by atoms with Crippen LogP contribution in [0.5, 0.6) is 17.4 Å². The summed E-state index contributed by atoms with van der Waals surface area (Å²) in [6.45, 7) is 2.30. The average molecular weight is 358 g/mol. The van der Waals surface area contributed by atoms with Gasteiger partial charge in [-0.05, 0) is 36.8 Å². The number of nitrogens with one attached hydrogen (secondary N) is 1. The fourth-order valence-electron chi connectivity index (χ4n) is 2.41. The first-order valence-electron chi connectivity index (χ1n) is 8.05. The van der Waals surface area contributed by atoms with Crippen LogP contribution in [0.4, 0.5) is 0 Å². The molecule has 8 heteroatoms. The zero-order valence-corrected chi connectivity index (χ0v) is 14.1. The van der Waals surface area contributed by atoms with Crippen LogP contribution in [0, 0.1) is 0 Å². The minimum atomic E-state index is -1.04. The molecule has 1 aromatic heterocycles. The highest BCUT2D eigenvalue weighted by Gasteiger charge is 2.18. The lowest BCUT2D eigenvalue weighted by Crippen LogP contribution is -2.28. The molecule has 0 bridgehead atoms. The number of amides is 1. The lowest BCUT2D eigenvalue weighted by atomic mass is 10.1. The van der Waals surface area contributed by atoms with Crippen LogP contribution in [0.3, 0.4) is 0 Å². The van der Waals surface area contributed by atoms with Gasteiger partial charge in [0, 0.05) is 0 Å². The van der Waals surface area contributed by atoms with Gasteiger partial charge in [0.2, 0.25) is 0 Å². The second-order valence-electron chi connectivity index (χ2n) is 5.64. The number of aromatic nitrogens is 1. The van der Waals surface area contributed by atoms with E-state index in [1.807, 2.05) is 6.92 Å². The molecule has 0 radical (unpaired) electrons. The zero-order chi connectivity index (χ0) is 18.5. The zero-order valence-electron chi connectivity index (χ0n) is 14.1. The number of pyridine rings is 1. The second kappa shape index (κ2) is 7.73. The highest BCUT2D eigenvalue weighted by Crippen LogP contribution is 2.27. The van der Waals surface area contributed by atoms with E-state index in [-0.39, 0.29) is 17.6 Å². The minimum absolute atomic E-state index is 0.238. The predicted octanol–water partition coefficient (Wildman–Crippen LogP) is 1.81. The molecule has 8 nitrogen and oxygen atoms in total. The van der Waals surface area contributed by atoms with Crippen LogP contribution in [-0.4, -0.2) is 41.8 Å². The summed E-state index contributed by atoms with van der Waals surface area (Å²) in [5.41, 5.74) is 1.08. The first kappa shape index (κ1) is 17.5. The Morgan fingerprint density at radius 3 is 2.65 bits per heavy atom. The third-order valence-corrected chi connectivity index (χ3v) is 3.73. The standard InChI is InChI=1S/C18H18N2O6/c1-11(12-2-4-13(5-3-12)26-10-16(21)22)19-17(23)14-6-7-15-18(20-14)25-9-8-24-15/h2-7,11H,8-10H2,1H3,(H,19,23)(H,21,22). The number of carbonyl (C=O) groups is 2. The molecule has 0 spiro atoms. The van der Waals surface area contributed by atoms with E-state index in [0.717, 1.165) is 5.56 Å². The molecule has 3 rings (SSSR count). The van der Waals surface area contributed by atoms with E-state index in [2.05, 4.69) is 10.3 Å². The first-order chi connectivity index (χ1) is 12.5. The molecule has 0 fully saturated rings. The molecule has 0 aliphatic carbocycles. The monoisotopic (exact) mass is 358 g/mol. The minimum Gasteiger partial charge on any atom is -0.484 e. The number of carboxylic acids is 1. The summed E-state index contributed by atoms with van der Waals surface area (Å²) < 4.78 is 15.9. The number of hydrogen-bond donors (Lipinski definition) is 2. The molecular weight excluding hydrogens is 340 g/mol. The van der Waals surface area contributed by atoms with E-state index < -0.39 is 12.6 Å². The Balaban J connectivity index is 1.62. The number of aliphatic carboxylic acids is 1. The summed E-state index contributed by atoms with van der Waals surface area (Å²) in [6, 6.07) is 9.81. The normalized spacial score (nSPS) is 13.6. The number of hydrogen-bond acceptors (Lipinski definition) is 6. The Kier molecular flexibility index (Phi) is 5.21. The summed E-state index contributed by atoms with van der Waals surface area (Å²) in [7, 11) is 0. The lowest BCUT2D eigenvalue weighted by molar-refractivity contribution is -0.139. The number of ether oxygens (including phenoxy) is 3. The van der Waals surface area contributed by atoms with Gasteiger partial charge < -0.3 is 24.6 Å². The number of fused-ring (bicyclic) bond motifs is 1. The van der Waals surface area contributed by atoms with Crippen molar-refractivity contribution >= 4 is 11.9 Å². The van der Waals surface area contributed by atoms with Gasteiger partial charge in [-0.3, -0.25) is 4.79 Å². The number of rotatable bonds is 6. The smallest absolute Gasteiger partial charge is 0.341 e. The Labute approximate surface area is 149 Å². The van der Waals surface area contributed by atoms with Gasteiger partial charge in [-0.2, -0.15) is 0 Å². The van der Waals surface area contributed by atoms with E-state index in [1.165, 1.54) is 0 Å². The maximum atomic E-state index is 12.4. The van der Waals surface area contributed by atoms with Gasteiger partial charge in [0.05, 0.1) is 6.04 Å². The SMILES string of the molecule is CC(NC(=O)c1ccc2c(n1)OCCO2)c1ccc(OCC(=O)O)cc1. The molecule has 2 heterocycles. The predicted molar refractivity (Wildman–Crippen MR) is 90.7 cm³/mol. The fourth-order valence-corrected chi connectivity index (χ4v) is 2.41. The highest BCUT2D eigenvalue weighted by atomic mass is 16.6. The van der Waals surface area contributed by atoms with Gasteiger partial charge in [-0.25, -0.2) is 9.78 Å². The third kappa shape index (κ3) is 4.21. The van der Waals surface area contributed by atoms with Crippen molar-refractivity contribution in [1.82, 2.24) is 10.3 Å². The van der Waals surface area contributed by atoms with Crippen LogP contribution >= 0.6 is 0 Å². The van der Waals surface area contributed by atoms with E-state index in [0.29, 0.717) is 30.6 Å². The van der Waals surface area contributed by atoms with Crippen molar-refractivity contribution in [2.24, 2.45) is 0 Å². The number of carboxylic acid groups (broad SMARTS) is 1. The fraction of sp³-hybridized carbons (Fsp3) is 0.278. The number of benzene rings is 1. The second-order valence-corrected chi connectivity index (χ2v) is 5.64. The lowest BCUT2D eigenvalue weighted by Gasteiger charge is -2.18. The molecule has 2 N–H and O–H groups in total. The van der Waals surface area contributed by atoms with Crippen molar-refractivity contribution in [2.45, 2.75) is 13.0 Å². The van der Waals surface area contributed by atoms with E-state index in [9.17, 15) is 9.59 Å². The molecule has 1 aliphatic heterocycles. The third-order valence-electron chi connectivity index (χ3n) is 3.73. The molecule has 1 amide bonds. The topological polar surface area (TPSA) is 107 Å². The largest absolute Gasteiger partial charge is 0.484 e. The van der Waals surface area contributed by atoms with Gasteiger partial charge in [0.1, 0.15) is 24.7 Å². The number of nitrogens with zero attached hydrogens (tertiary/aromatic N) is 1. The van der Waals surface area contributed by atoms with Gasteiger partial charge in [0.15, 0.2) is 12.4 Å². The van der Waals surface area contributed by atoms with Crippen molar-refractivity contribution in [3.05, 3.63) is 47.7 Å². The summed E-state index contributed by atoms with van der Waals surface area (Å²) in [5.74, 6) is -0.0835. The van der Waals surface area contributed by atoms with E-state index >= 15 is 0 Å². The molecule has 1 aromatic carbocycles. The summed E-state index contributed by atoms with van der Waals surface area (Å²) in [4.78, 5) is 27.1. The van der Waals surface area contributed by atoms with E-state index in [1.54, 1.807) is 36.4 Å². The van der Waals surface area contributed by atoms with Crippen LogP contribution in [0.25, 0.3) is 0 Å². The highest BCUT2D eigenvalue weighted by molar-refractivity contribution is 5.92. The van der Waals surface area contributed by atoms with Crippen molar-refractivity contribution in [3.63, 3.8) is 0 Å². The molecule has 2 aromatic rings. The van der Waals surface area contributed by atoms with Crippen molar-refractivity contribution in [2.75, 3.05) is 19.8 Å². The Bertz CT molecular complexity index is 806. The van der Waals surface area contributed by atoms with Crippen molar-refractivity contribution in [1.29, 1.82) is 0 Å². The molecule has 1 atom stereocenters. The number of carbonyl (C=O) groups excluding carboxylic acids is 1. The summed E-state index contributed by atoms with van der Waals surface area (Å²) >= 11 is 0. The Morgan fingerprint density at radius 1 is 1.19 bits per heavy atom. The molecule has 0 saturated carbocycles. The van der Waals surface area contributed by atoms with Gasteiger partial charge in [-0.15, -0.1) is 0 Å².